The normalized spacial score (nSPS) is 19.7. The van der Waals surface area contributed by atoms with Crippen LogP contribution in [0, 0.1) is 12.8 Å². The number of hydrogen-bond donors (Lipinski definition) is 2. The number of aliphatic hydroxyl groups excluding tert-OH is 1. The van der Waals surface area contributed by atoms with Crippen LogP contribution < -0.4 is 10.2 Å². The second-order valence-corrected chi connectivity index (χ2v) is 5.92. The van der Waals surface area contributed by atoms with E-state index in [1.807, 2.05) is 11.7 Å². The van der Waals surface area contributed by atoms with E-state index in [1.165, 1.54) is 5.56 Å². The van der Waals surface area contributed by atoms with E-state index >= 15 is 0 Å². The molecule has 5 heteroatoms. The largest absolute Gasteiger partial charge is 0.391 e. The fraction of sp³-hybridized carbons (Fsp3) is 0.786. The standard InChI is InChI=1S/C14H26N4O/c1-10(2)7-15-8-13-11(3)16-17(4)14(13)18-6-5-12(19)9-18/h10,12,15,19H,5-9H2,1-4H3. The van der Waals surface area contributed by atoms with Crippen LogP contribution in [-0.4, -0.2) is 40.6 Å². The highest BCUT2D eigenvalue weighted by atomic mass is 16.3. The zero-order valence-corrected chi connectivity index (χ0v) is 12.5. The highest BCUT2D eigenvalue weighted by molar-refractivity contribution is 5.51. The molecular formula is C14H26N4O. The molecule has 1 aliphatic rings. The van der Waals surface area contributed by atoms with Crippen LogP contribution in [0.15, 0.2) is 0 Å². The molecule has 1 unspecified atom stereocenters. The van der Waals surface area contributed by atoms with Gasteiger partial charge in [0.1, 0.15) is 5.82 Å². The molecule has 2 rings (SSSR count). The van der Waals surface area contributed by atoms with E-state index < -0.39 is 0 Å². The molecule has 0 spiro atoms. The van der Waals surface area contributed by atoms with E-state index in [0.717, 1.165) is 44.1 Å². The van der Waals surface area contributed by atoms with Gasteiger partial charge in [-0.15, -0.1) is 0 Å². The van der Waals surface area contributed by atoms with Gasteiger partial charge in [-0.05, 0) is 25.8 Å². The lowest BCUT2D eigenvalue weighted by Gasteiger charge is -2.20. The van der Waals surface area contributed by atoms with Gasteiger partial charge >= 0.3 is 0 Å². The number of rotatable bonds is 5. The molecule has 0 aliphatic carbocycles. The van der Waals surface area contributed by atoms with E-state index in [2.05, 4.69) is 36.1 Å². The van der Waals surface area contributed by atoms with Gasteiger partial charge in [0.05, 0.1) is 11.8 Å². The number of aryl methyl sites for hydroxylation is 2. The number of anilines is 1. The first-order valence-corrected chi connectivity index (χ1v) is 7.15. The van der Waals surface area contributed by atoms with Crippen molar-refractivity contribution in [2.24, 2.45) is 13.0 Å². The Morgan fingerprint density at radius 2 is 2.21 bits per heavy atom. The SMILES string of the molecule is Cc1nn(C)c(N2CCC(O)C2)c1CNCC(C)C. The minimum Gasteiger partial charge on any atom is -0.391 e. The average Bonchev–Trinajstić information content (AvgIpc) is 2.83. The highest BCUT2D eigenvalue weighted by Gasteiger charge is 2.26. The summed E-state index contributed by atoms with van der Waals surface area (Å²) >= 11 is 0. The van der Waals surface area contributed by atoms with E-state index in [0.29, 0.717) is 5.92 Å². The molecule has 1 aromatic rings. The van der Waals surface area contributed by atoms with Crippen LogP contribution in [0.5, 0.6) is 0 Å². The molecule has 2 N–H and O–H groups in total. The van der Waals surface area contributed by atoms with Gasteiger partial charge in [-0.3, -0.25) is 4.68 Å². The summed E-state index contributed by atoms with van der Waals surface area (Å²) in [5.41, 5.74) is 2.34. The van der Waals surface area contributed by atoms with Gasteiger partial charge in [-0.25, -0.2) is 0 Å². The van der Waals surface area contributed by atoms with Crippen LogP contribution in [0.1, 0.15) is 31.5 Å². The molecule has 1 saturated heterocycles. The number of β-amino-alcohol motifs (C(OH)–C–C–N with tert-alkyl or cyclic N) is 1. The van der Waals surface area contributed by atoms with E-state index in [4.69, 9.17) is 0 Å². The molecule has 0 amide bonds. The Hall–Kier alpha value is -1.07. The molecule has 0 aromatic carbocycles. The van der Waals surface area contributed by atoms with Gasteiger partial charge in [0, 0.05) is 32.2 Å². The van der Waals surface area contributed by atoms with Crippen molar-refractivity contribution >= 4 is 5.82 Å². The third-order valence-corrected chi connectivity index (χ3v) is 3.63. The van der Waals surface area contributed by atoms with Crippen LogP contribution in [0.2, 0.25) is 0 Å². The smallest absolute Gasteiger partial charge is 0.131 e. The first-order valence-electron chi connectivity index (χ1n) is 7.15. The van der Waals surface area contributed by atoms with Crippen molar-refractivity contribution in [1.29, 1.82) is 0 Å². The van der Waals surface area contributed by atoms with Crippen molar-refractivity contribution in [3.8, 4) is 0 Å². The Kier molecular flexibility index (Phi) is 4.47. The predicted molar refractivity (Wildman–Crippen MR) is 77.3 cm³/mol. The zero-order valence-electron chi connectivity index (χ0n) is 12.5. The van der Waals surface area contributed by atoms with Crippen LogP contribution in [0.25, 0.3) is 0 Å². The topological polar surface area (TPSA) is 53.3 Å². The lowest BCUT2D eigenvalue weighted by atomic mass is 10.2. The Labute approximate surface area is 115 Å². The Bertz CT molecular complexity index is 427. The summed E-state index contributed by atoms with van der Waals surface area (Å²) in [7, 11) is 1.99. The lowest BCUT2D eigenvalue weighted by Crippen LogP contribution is -2.26. The summed E-state index contributed by atoms with van der Waals surface area (Å²) < 4.78 is 1.94. The van der Waals surface area contributed by atoms with Gasteiger partial charge in [-0.2, -0.15) is 5.10 Å². The molecule has 0 saturated carbocycles. The fourth-order valence-corrected chi connectivity index (χ4v) is 2.71. The van der Waals surface area contributed by atoms with E-state index in [1.54, 1.807) is 0 Å². The van der Waals surface area contributed by atoms with Crippen molar-refractivity contribution in [2.45, 2.75) is 39.8 Å². The number of aromatic nitrogens is 2. The van der Waals surface area contributed by atoms with Gasteiger partial charge < -0.3 is 15.3 Å². The van der Waals surface area contributed by atoms with Crippen molar-refractivity contribution < 1.29 is 5.11 Å². The molecule has 1 atom stereocenters. The summed E-state index contributed by atoms with van der Waals surface area (Å²) in [6.45, 7) is 9.97. The molecule has 2 heterocycles. The van der Waals surface area contributed by atoms with Gasteiger partial charge in [-0.1, -0.05) is 13.8 Å². The van der Waals surface area contributed by atoms with E-state index in [-0.39, 0.29) is 6.10 Å². The molecule has 1 aromatic heterocycles. The van der Waals surface area contributed by atoms with Gasteiger partial charge in [0.15, 0.2) is 0 Å². The van der Waals surface area contributed by atoms with Gasteiger partial charge in [0.2, 0.25) is 0 Å². The Morgan fingerprint density at radius 1 is 1.47 bits per heavy atom. The van der Waals surface area contributed by atoms with Crippen LogP contribution >= 0.6 is 0 Å². The summed E-state index contributed by atoms with van der Waals surface area (Å²) in [5, 5.41) is 17.7. The number of hydrogen-bond acceptors (Lipinski definition) is 4. The van der Waals surface area contributed by atoms with Crippen molar-refractivity contribution in [2.75, 3.05) is 24.5 Å². The maximum Gasteiger partial charge on any atom is 0.131 e. The zero-order chi connectivity index (χ0) is 14.0. The highest BCUT2D eigenvalue weighted by Crippen LogP contribution is 2.26. The predicted octanol–water partition coefficient (Wildman–Crippen LogP) is 1.05. The first kappa shape index (κ1) is 14.3. The van der Waals surface area contributed by atoms with E-state index in [9.17, 15) is 5.11 Å². The number of aliphatic hydroxyl groups is 1. The van der Waals surface area contributed by atoms with Crippen LogP contribution in [0.4, 0.5) is 5.82 Å². The molecular weight excluding hydrogens is 240 g/mol. The number of nitrogens with zero attached hydrogens (tertiary/aromatic N) is 3. The van der Waals surface area contributed by atoms with Crippen molar-refractivity contribution in [3.63, 3.8) is 0 Å². The maximum atomic E-state index is 9.71. The van der Waals surface area contributed by atoms with Crippen molar-refractivity contribution in [1.82, 2.24) is 15.1 Å². The minimum atomic E-state index is -0.202. The lowest BCUT2D eigenvalue weighted by molar-refractivity contribution is 0.198. The minimum absolute atomic E-state index is 0.202. The fourth-order valence-electron chi connectivity index (χ4n) is 2.71. The summed E-state index contributed by atoms with van der Waals surface area (Å²) in [5.74, 6) is 1.80. The monoisotopic (exact) mass is 266 g/mol. The molecule has 0 bridgehead atoms. The first-order chi connectivity index (χ1) is 8.99. The molecule has 108 valence electrons. The molecule has 19 heavy (non-hydrogen) atoms. The third-order valence-electron chi connectivity index (χ3n) is 3.63. The quantitative estimate of drug-likeness (QED) is 0.836. The second kappa shape index (κ2) is 5.92. The molecule has 1 aliphatic heterocycles. The van der Waals surface area contributed by atoms with Crippen molar-refractivity contribution in [3.05, 3.63) is 11.3 Å². The Balaban J connectivity index is 2.13. The summed E-state index contributed by atoms with van der Waals surface area (Å²) in [6, 6.07) is 0. The van der Waals surface area contributed by atoms with Crippen LogP contribution in [-0.2, 0) is 13.6 Å². The average molecular weight is 266 g/mol. The van der Waals surface area contributed by atoms with Gasteiger partial charge in [0.25, 0.3) is 0 Å². The molecule has 5 nitrogen and oxygen atoms in total. The number of nitrogens with one attached hydrogen (secondary N) is 1. The maximum absolute atomic E-state index is 9.71. The molecule has 0 radical (unpaired) electrons. The molecule has 1 fully saturated rings. The third kappa shape index (κ3) is 3.28. The van der Waals surface area contributed by atoms with Crippen LogP contribution in [0.3, 0.4) is 0 Å². The summed E-state index contributed by atoms with van der Waals surface area (Å²) in [4.78, 5) is 2.25. The summed E-state index contributed by atoms with van der Waals surface area (Å²) in [6.07, 6.45) is 0.648. The Morgan fingerprint density at radius 3 is 2.79 bits per heavy atom. The second-order valence-electron chi connectivity index (χ2n) is 5.92.